The van der Waals surface area contributed by atoms with Gasteiger partial charge in [0.2, 0.25) is 29.5 Å². The summed E-state index contributed by atoms with van der Waals surface area (Å²) in [6.45, 7) is 9.72. The summed E-state index contributed by atoms with van der Waals surface area (Å²) in [4.78, 5) is 70.3. The van der Waals surface area contributed by atoms with E-state index in [0.29, 0.717) is 157 Å². The summed E-state index contributed by atoms with van der Waals surface area (Å²) in [5, 5.41) is 11.3. The van der Waals surface area contributed by atoms with Crippen molar-refractivity contribution < 1.29 is 66.7 Å². The van der Waals surface area contributed by atoms with Gasteiger partial charge in [-0.1, -0.05) is 13.3 Å². The van der Waals surface area contributed by atoms with E-state index in [4.69, 9.17) is 49.4 Å². The highest BCUT2D eigenvalue weighted by Crippen LogP contribution is 2.11. The van der Waals surface area contributed by atoms with E-state index in [1.54, 1.807) is 7.05 Å². The van der Waals surface area contributed by atoms with E-state index in [0.717, 1.165) is 38.5 Å². The van der Waals surface area contributed by atoms with Gasteiger partial charge in [-0.15, -0.1) is 0 Å². The van der Waals surface area contributed by atoms with Crippen LogP contribution in [0.25, 0.3) is 0 Å². The molecule has 0 bridgehead atoms. The Labute approximate surface area is 375 Å². The van der Waals surface area contributed by atoms with Crippen LogP contribution in [0.2, 0.25) is 0 Å². The van der Waals surface area contributed by atoms with Crippen LogP contribution in [0.15, 0.2) is 0 Å². The van der Waals surface area contributed by atoms with Crippen LogP contribution >= 0.6 is 0 Å². The van der Waals surface area contributed by atoms with Gasteiger partial charge in [0.05, 0.1) is 105 Å². The highest BCUT2D eigenvalue weighted by molar-refractivity contribution is 5.80. The van der Waals surface area contributed by atoms with Crippen LogP contribution in [0.3, 0.4) is 0 Å². The predicted octanol–water partition coefficient (Wildman–Crippen LogP) is 0.693. The normalized spacial score (nSPS) is 12.2. The molecule has 0 aliphatic carbocycles. The fourth-order valence-electron chi connectivity index (χ4n) is 5.74. The van der Waals surface area contributed by atoms with E-state index < -0.39 is 0 Å². The number of primary amides is 2. The molecular weight excluding hydrogens is 825 g/mol. The number of ketones is 1. The van der Waals surface area contributed by atoms with Gasteiger partial charge in [-0.25, -0.2) is 0 Å². The summed E-state index contributed by atoms with van der Waals surface area (Å²) in [5.74, 6) is -0.895. The van der Waals surface area contributed by atoms with Crippen molar-refractivity contribution in [2.24, 2.45) is 17.4 Å². The lowest BCUT2D eigenvalue weighted by Gasteiger charge is -2.11. The Morgan fingerprint density at radius 2 is 0.810 bits per heavy atom. The molecule has 368 valence electrons. The zero-order valence-corrected chi connectivity index (χ0v) is 38.4. The quantitative estimate of drug-likeness (QED) is 0.0459. The Hall–Kier alpha value is -3.34. The summed E-state index contributed by atoms with van der Waals surface area (Å²) in [6, 6.07) is -0.344. The minimum Gasteiger partial charge on any atom is -0.379 e. The topological polar surface area (TPSA) is 276 Å². The fraction of sp³-hybridized carbons (Fsp3) is 0.860. The summed E-state index contributed by atoms with van der Waals surface area (Å²) in [7, 11) is 1.69. The number of nitrogens with one attached hydrogen (secondary N) is 4. The van der Waals surface area contributed by atoms with E-state index in [1.165, 1.54) is 0 Å². The zero-order valence-electron chi connectivity index (χ0n) is 38.4. The molecule has 0 rings (SSSR count). The van der Waals surface area contributed by atoms with Crippen LogP contribution in [0.1, 0.15) is 96.8 Å². The smallest absolute Gasteiger partial charge is 0.234 e. The molecule has 8 N–H and O–H groups in total. The maximum Gasteiger partial charge on any atom is 0.234 e. The van der Waals surface area contributed by atoms with E-state index in [9.17, 15) is 28.8 Å². The average Bonchev–Trinajstić information content (AvgIpc) is 3.25. The number of rotatable bonds is 49. The van der Waals surface area contributed by atoms with Gasteiger partial charge >= 0.3 is 0 Å². The number of hydrogen-bond acceptors (Lipinski definition) is 15. The Balaban J connectivity index is 3.37. The number of Topliss-reactive ketones (excluding diaryl/α,β-unsaturated/α-hetero) is 1. The molecule has 0 aromatic rings. The minimum absolute atomic E-state index is 0.0670. The first-order valence-corrected chi connectivity index (χ1v) is 22.8. The van der Waals surface area contributed by atoms with Gasteiger partial charge in [-0.3, -0.25) is 28.8 Å². The van der Waals surface area contributed by atoms with Crippen molar-refractivity contribution in [2.75, 3.05) is 132 Å². The molecule has 63 heavy (non-hydrogen) atoms. The van der Waals surface area contributed by atoms with Gasteiger partial charge in [0.15, 0.2) is 0 Å². The standard InChI is InChI=1S/C43H82N6O14/c1-3-36(42(44)54)10-4-6-17-47-40(52)15-21-57-25-29-61-33-32-60-28-24-56-20-9-12-37(50)11-8-14-39(51)49-19-23-59-27-31-63-35-34-62-30-26-58-22-16-41(53)48-18-7-5-13-38(46-2)43(45)55/h36,38,46H,3-35H2,1-2H3,(H2,44,54)(H2,45,55)(H,47,52)(H,48,53)(H,49,51)/t36-,38-/m0/s1. The number of likely N-dealkylation sites (N-methyl/N-ethyl adjacent to an activating group) is 1. The molecule has 0 saturated heterocycles. The minimum atomic E-state index is -0.375. The Morgan fingerprint density at radius 1 is 0.413 bits per heavy atom. The van der Waals surface area contributed by atoms with Gasteiger partial charge in [-0.05, 0) is 58.4 Å². The zero-order chi connectivity index (χ0) is 46.4. The molecule has 0 aliphatic rings. The third-order valence-corrected chi connectivity index (χ3v) is 9.48. The molecule has 0 spiro atoms. The Morgan fingerprint density at radius 3 is 1.25 bits per heavy atom. The van der Waals surface area contributed by atoms with Gasteiger partial charge in [-0.2, -0.15) is 0 Å². The van der Waals surface area contributed by atoms with Crippen molar-refractivity contribution in [2.45, 2.75) is 103 Å². The molecule has 2 atom stereocenters. The summed E-state index contributed by atoms with van der Waals surface area (Å²) >= 11 is 0. The van der Waals surface area contributed by atoms with Gasteiger partial charge in [0.1, 0.15) is 5.78 Å². The summed E-state index contributed by atoms with van der Waals surface area (Å²) < 4.78 is 43.7. The maximum absolute atomic E-state index is 12.1. The first kappa shape index (κ1) is 59.7. The third-order valence-electron chi connectivity index (χ3n) is 9.48. The molecule has 0 aromatic heterocycles. The number of hydrogen-bond donors (Lipinski definition) is 6. The lowest BCUT2D eigenvalue weighted by Crippen LogP contribution is -2.39. The molecule has 0 unspecified atom stereocenters. The van der Waals surface area contributed by atoms with E-state index in [2.05, 4.69) is 21.3 Å². The highest BCUT2D eigenvalue weighted by atomic mass is 16.6. The van der Waals surface area contributed by atoms with Crippen LogP contribution in [-0.2, 0) is 66.7 Å². The molecule has 0 heterocycles. The van der Waals surface area contributed by atoms with Crippen molar-refractivity contribution in [3.8, 4) is 0 Å². The molecule has 0 radical (unpaired) electrons. The second-order valence-corrected chi connectivity index (χ2v) is 14.7. The number of unbranched alkanes of at least 4 members (excludes halogenated alkanes) is 2. The first-order valence-electron chi connectivity index (χ1n) is 22.8. The van der Waals surface area contributed by atoms with Crippen LogP contribution < -0.4 is 32.7 Å². The summed E-state index contributed by atoms with van der Waals surface area (Å²) in [5.41, 5.74) is 10.6. The molecular formula is C43H82N6O14. The van der Waals surface area contributed by atoms with E-state index >= 15 is 0 Å². The predicted molar refractivity (Wildman–Crippen MR) is 236 cm³/mol. The molecule has 0 saturated carbocycles. The van der Waals surface area contributed by atoms with E-state index in [-0.39, 0.29) is 66.5 Å². The molecule has 0 fully saturated rings. The number of carbonyl (C=O) groups is 6. The number of amides is 5. The largest absolute Gasteiger partial charge is 0.379 e. The summed E-state index contributed by atoms with van der Waals surface area (Å²) in [6.07, 6.45) is 8.01. The number of carbonyl (C=O) groups excluding carboxylic acids is 6. The monoisotopic (exact) mass is 907 g/mol. The molecule has 5 amide bonds. The second kappa shape index (κ2) is 45.2. The Bertz CT molecular complexity index is 1090. The molecule has 0 aromatic carbocycles. The molecule has 20 nitrogen and oxygen atoms in total. The van der Waals surface area contributed by atoms with Crippen molar-refractivity contribution >= 4 is 35.3 Å². The van der Waals surface area contributed by atoms with Crippen molar-refractivity contribution in [1.82, 2.24) is 21.3 Å². The maximum atomic E-state index is 12.1. The lowest BCUT2D eigenvalue weighted by molar-refractivity contribution is -0.123. The van der Waals surface area contributed by atoms with Crippen LogP contribution in [0, 0.1) is 5.92 Å². The van der Waals surface area contributed by atoms with Crippen LogP contribution in [0.5, 0.6) is 0 Å². The molecule has 20 heteroatoms. The lowest BCUT2D eigenvalue weighted by atomic mass is 9.99. The number of nitrogens with two attached hydrogens (primary N) is 2. The SMILES string of the molecule is CC[C@@H](CCCCNC(=O)CCOCCOCCOCCOCCCC(=O)CCCC(=O)NCCOCCOCCOCCOCCC(=O)NCCCC[C@H](NC)C(N)=O)C(N)=O. The molecule has 0 aliphatic heterocycles. The first-order chi connectivity index (χ1) is 30.6. The number of ether oxygens (including phenoxy) is 8. The van der Waals surface area contributed by atoms with Gasteiger partial charge in [0, 0.05) is 64.3 Å². The van der Waals surface area contributed by atoms with E-state index in [1.807, 2.05) is 6.92 Å². The van der Waals surface area contributed by atoms with Gasteiger partial charge < -0.3 is 70.6 Å². The Kier molecular flexibility index (Phi) is 42.8. The van der Waals surface area contributed by atoms with Crippen molar-refractivity contribution in [3.63, 3.8) is 0 Å². The van der Waals surface area contributed by atoms with Crippen LogP contribution in [-0.4, -0.2) is 174 Å². The second-order valence-electron chi connectivity index (χ2n) is 14.7. The van der Waals surface area contributed by atoms with Crippen LogP contribution in [0.4, 0.5) is 0 Å². The van der Waals surface area contributed by atoms with Crippen molar-refractivity contribution in [1.29, 1.82) is 0 Å². The fourth-order valence-corrected chi connectivity index (χ4v) is 5.74. The highest BCUT2D eigenvalue weighted by Gasteiger charge is 2.13. The van der Waals surface area contributed by atoms with Gasteiger partial charge in [0.25, 0.3) is 0 Å². The van der Waals surface area contributed by atoms with Crippen molar-refractivity contribution in [3.05, 3.63) is 0 Å². The average molecular weight is 907 g/mol. The third kappa shape index (κ3) is 42.4.